The molecule has 0 unspecified atom stereocenters. The number of nitrogens with one attached hydrogen (secondary N) is 1. The molecule has 0 aliphatic heterocycles. The standard InChI is InChI=1S/C17H23NO3/c1-12-7-9-16(21-2)13(11-12)8-10-17(20)18-14-5-3-4-6-15(14)19/h7-11,14-15,19H,3-6H2,1-2H3,(H,18,20)/b10-8+/t14-,15-/m0/s1. The van der Waals surface area contributed by atoms with E-state index in [0.717, 1.165) is 42.6 Å². The summed E-state index contributed by atoms with van der Waals surface area (Å²) in [4.78, 5) is 12.0. The molecule has 2 N–H and O–H groups in total. The van der Waals surface area contributed by atoms with Crippen LogP contribution in [0.5, 0.6) is 5.75 Å². The van der Waals surface area contributed by atoms with Crippen LogP contribution in [0.1, 0.15) is 36.8 Å². The fraction of sp³-hybridized carbons (Fsp3) is 0.471. The van der Waals surface area contributed by atoms with Crippen LogP contribution in [0.3, 0.4) is 0 Å². The molecule has 0 bridgehead atoms. The highest BCUT2D eigenvalue weighted by Gasteiger charge is 2.23. The number of amides is 1. The molecule has 0 aromatic heterocycles. The Balaban J connectivity index is 2.00. The first-order valence-electron chi connectivity index (χ1n) is 7.41. The van der Waals surface area contributed by atoms with E-state index in [9.17, 15) is 9.90 Å². The lowest BCUT2D eigenvalue weighted by molar-refractivity contribution is -0.118. The number of hydrogen-bond donors (Lipinski definition) is 2. The molecule has 4 heteroatoms. The Hall–Kier alpha value is -1.81. The molecule has 1 fully saturated rings. The first-order chi connectivity index (χ1) is 10.1. The largest absolute Gasteiger partial charge is 0.496 e. The molecular weight excluding hydrogens is 266 g/mol. The van der Waals surface area contributed by atoms with Gasteiger partial charge in [0.15, 0.2) is 0 Å². The van der Waals surface area contributed by atoms with Gasteiger partial charge in [0.1, 0.15) is 5.75 Å². The number of hydrogen-bond acceptors (Lipinski definition) is 3. The van der Waals surface area contributed by atoms with Crippen molar-refractivity contribution in [1.82, 2.24) is 5.32 Å². The van der Waals surface area contributed by atoms with E-state index in [1.807, 2.05) is 25.1 Å². The van der Waals surface area contributed by atoms with Gasteiger partial charge < -0.3 is 15.2 Å². The Morgan fingerprint density at radius 1 is 1.38 bits per heavy atom. The van der Waals surface area contributed by atoms with E-state index < -0.39 is 6.10 Å². The third-order valence-corrected chi connectivity index (χ3v) is 3.86. The molecule has 0 saturated heterocycles. The molecule has 1 saturated carbocycles. The Kier molecular flexibility index (Phi) is 5.39. The monoisotopic (exact) mass is 289 g/mol. The second-order valence-electron chi connectivity index (χ2n) is 5.55. The van der Waals surface area contributed by atoms with Crippen LogP contribution in [0.4, 0.5) is 0 Å². The van der Waals surface area contributed by atoms with Gasteiger partial charge in [0, 0.05) is 11.6 Å². The molecule has 0 radical (unpaired) electrons. The first-order valence-corrected chi connectivity index (χ1v) is 7.41. The second kappa shape index (κ2) is 7.27. The zero-order chi connectivity index (χ0) is 15.2. The lowest BCUT2D eigenvalue weighted by Gasteiger charge is -2.27. The van der Waals surface area contributed by atoms with Crippen LogP contribution >= 0.6 is 0 Å². The van der Waals surface area contributed by atoms with Crippen molar-refractivity contribution in [2.45, 2.75) is 44.8 Å². The van der Waals surface area contributed by atoms with Gasteiger partial charge >= 0.3 is 0 Å². The summed E-state index contributed by atoms with van der Waals surface area (Å²) in [5.41, 5.74) is 1.98. The normalized spacial score (nSPS) is 22.2. The highest BCUT2D eigenvalue weighted by Crippen LogP contribution is 2.21. The Bertz CT molecular complexity index is 525. The van der Waals surface area contributed by atoms with Crippen LogP contribution in [-0.2, 0) is 4.79 Å². The van der Waals surface area contributed by atoms with Gasteiger partial charge in [-0.05, 0) is 38.0 Å². The molecule has 0 spiro atoms. The zero-order valence-electron chi connectivity index (χ0n) is 12.6. The first kappa shape index (κ1) is 15.6. The molecule has 2 rings (SSSR count). The molecule has 4 nitrogen and oxygen atoms in total. The SMILES string of the molecule is COc1ccc(C)cc1/C=C/C(=O)N[C@H]1CCCC[C@@H]1O. The Morgan fingerprint density at radius 2 is 2.14 bits per heavy atom. The molecule has 21 heavy (non-hydrogen) atoms. The van der Waals surface area contributed by atoms with Gasteiger partial charge in [-0.25, -0.2) is 0 Å². The summed E-state index contributed by atoms with van der Waals surface area (Å²) < 4.78 is 5.28. The molecule has 1 aromatic carbocycles. The van der Waals surface area contributed by atoms with Crippen molar-refractivity contribution in [1.29, 1.82) is 0 Å². The molecule has 114 valence electrons. The van der Waals surface area contributed by atoms with E-state index in [0.29, 0.717) is 0 Å². The molecule has 1 amide bonds. The van der Waals surface area contributed by atoms with E-state index in [-0.39, 0.29) is 11.9 Å². The van der Waals surface area contributed by atoms with E-state index in [1.54, 1.807) is 13.2 Å². The Morgan fingerprint density at radius 3 is 2.86 bits per heavy atom. The average Bonchev–Trinajstić information content (AvgIpc) is 2.48. The number of ether oxygens (including phenoxy) is 1. The number of benzene rings is 1. The maximum atomic E-state index is 12.0. The van der Waals surface area contributed by atoms with Crippen molar-refractivity contribution >= 4 is 12.0 Å². The quantitative estimate of drug-likeness (QED) is 0.837. The lowest BCUT2D eigenvalue weighted by atomic mass is 9.92. The summed E-state index contributed by atoms with van der Waals surface area (Å²) >= 11 is 0. The van der Waals surface area contributed by atoms with Crippen LogP contribution in [0, 0.1) is 6.92 Å². The third-order valence-electron chi connectivity index (χ3n) is 3.86. The average molecular weight is 289 g/mol. The highest BCUT2D eigenvalue weighted by molar-refractivity contribution is 5.92. The van der Waals surface area contributed by atoms with Crippen LogP contribution in [0.15, 0.2) is 24.3 Å². The number of aliphatic hydroxyl groups excluding tert-OH is 1. The molecule has 1 aliphatic carbocycles. The number of carbonyl (C=O) groups is 1. The van der Waals surface area contributed by atoms with E-state index in [2.05, 4.69) is 5.32 Å². The van der Waals surface area contributed by atoms with Crippen molar-refractivity contribution in [2.24, 2.45) is 0 Å². The van der Waals surface area contributed by atoms with Gasteiger partial charge in [-0.3, -0.25) is 4.79 Å². The van der Waals surface area contributed by atoms with Gasteiger partial charge in [-0.15, -0.1) is 0 Å². The predicted octanol–water partition coefficient (Wildman–Crippen LogP) is 2.44. The topological polar surface area (TPSA) is 58.6 Å². The molecule has 2 atom stereocenters. The minimum Gasteiger partial charge on any atom is -0.496 e. The number of aliphatic hydroxyl groups is 1. The number of rotatable bonds is 4. The third kappa shape index (κ3) is 4.33. The van der Waals surface area contributed by atoms with Crippen LogP contribution in [0.2, 0.25) is 0 Å². The minimum atomic E-state index is -0.426. The van der Waals surface area contributed by atoms with E-state index in [1.165, 1.54) is 6.08 Å². The summed E-state index contributed by atoms with van der Waals surface area (Å²) in [6.07, 6.45) is 6.51. The minimum absolute atomic E-state index is 0.129. The molecule has 1 aromatic rings. The van der Waals surface area contributed by atoms with E-state index in [4.69, 9.17) is 4.74 Å². The van der Waals surface area contributed by atoms with Crippen molar-refractivity contribution in [3.63, 3.8) is 0 Å². The van der Waals surface area contributed by atoms with Gasteiger partial charge in [0.05, 0.1) is 19.3 Å². The maximum absolute atomic E-state index is 12.0. The summed E-state index contributed by atoms with van der Waals surface area (Å²) in [5, 5.41) is 12.7. The molecule has 1 aliphatic rings. The number of carbonyl (C=O) groups excluding carboxylic acids is 1. The van der Waals surface area contributed by atoms with Gasteiger partial charge in [0.25, 0.3) is 0 Å². The molecular formula is C17H23NO3. The van der Waals surface area contributed by atoms with Gasteiger partial charge in [-0.1, -0.05) is 24.5 Å². The van der Waals surface area contributed by atoms with Gasteiger partial charge in [-0.2, -0.15) is 0 Å². The highest BCUT2D eigenvalue weighted by atomic mass is 16.5. The van der Waals surface area contributed by atoms with Crippen molar-refractivity contribution in [2.75, 3.05) is 7.11 Å². The second-order valence-corrected chi connectivity index (χ2v) is 5.55. The fourth-order valence-corrected chi connectivity index (χ4v) is 2.66. The lowest BCUT2D eigenvalue weighted by Crippen LogP contribution is -2.44. The summed E-state index contributed by atoms with van der Waals surface area (Å²) in [5.74, 6) is 0.562. The van der Waals surface area contributed by atoms with Crippen molar-refractivity contribution in [3.05, 3.63) is 35.4 Å². The van der Waals surface area contributed by atoms with Crippen molar-refractivity contribution < 1.29 is 14.6 Å². The smallest absolute Gasteiger partial charge is 0.244 e. The molecule has 0 heterocycles. The van der Waals surface area contributed by atoms with Crippen LogP contribution in [-0.4, -0.2) is 30.3 Å². The summed E-state index contributed by atoms with van der Waals surface area (Å²) in [6, 6.07) is 5.69. The Labute approximate surface area is 125 Å². The van der Waals surface area contributed by atoms with Gasteiger partial charge in [0.2, 0.25) is 5.91 Å². The maximum Gasteiger partial charge on any atom is 0.244 e. The number of aryl methyl sites for hydroxylation is 1. The summed E-state index contributed by atoms with van der Waals surface area (Å²) in [7, 11) is 1.61. The van der Waals surface area contributed by atoms with Crippen molar-refractivity contribution in [3.8, 4) is 5.75 Å². The van der Waals surface area contributed by atoms with Crippen LogP contribution in [0.25, 0.3) is 6.08 Å². The zero-order valence-corrected chi connectivity index (χ0v) is 12.6. The van der Waals surface area contributed by atoms with E-state index >= 15 is 0 Å². The summed E-state index contributed by atoms with van der Waals surface area (Å²) in [6.45, 7) is 2.00. The van der Waals surface area contributed by atoms with Crippen LogP contribution < -0.4 is 10.1 Å². The predicted molar refractivity (Wildman–Crippen MR) is 83.2 cm³/mol. The number of methoxy groups -OCH3 is 1. The fourth-order valence-electron chi connectivity index (χ4n) is 2.66.